The summed E-state index contributed by atoms with van der Waals surface area (Å²) in [5.41, 5.74) is 0. The lowest BCUT2D eigenvalue weighted by molar-refractivity contribution is -0.143. The van der Waals surface area contributed by atoms with Gasteiger partial charge in [-0.1, -0.05) is 0 Å². The first-order valence-electron chi connectivity index (χ1n) is 6.63. The molecule has 0 aromatic rings. The summed E-state index contributed by atoms with van der Waals surface area (Å²) in [5.74, 6) is -1.04. The highest BCUT2D eigenvalue weighted by molar-refractivity contribution is 5.77. The molecule has 2 aliphatic rings. The molecule has 0 bridgehead atoms. The lowest BCUT2D eigenvalue weighted by Crippen LogP contribution is -2.50. The Kier molecular flexibility index (Phi) is 4.10. The SMILES string of the molecule is O=C(O)CC1CCCN1C(=O)N(CC(F)(F)F)C1CC1. The van der Waals surface area contributed by atoms with Crippen LogP contribution in [-0.4, -0.2) is 58.3 Å². The Labute approximate surface area is 114 Å². The van der Waals surface area contributed by atoms with Gasteiger partial charge in [-0.3, -0.25) is 4.79 Å². The van der Waals surface area contributed by atoms with Crippen LogP contribution in [0, 0.1) is 0 Å². The normalized spacial score (nSPS) is 22.9. The molecule has 1 aliphatic heterocycles. The molecule has 1 aliphatic carbocycles. The molecule has 5 nitrogen and oxygen atoms in total. The minimum absolute atomic E-state index is 0.212. The standard InChI is InChI=1S/C12H17F3N2O3/c13-12(14,15)7-17(8-3-4-8)11(20)16-5-1-2-9(16)6-10(18)19/h8-9H,1-7H2,(H,18,19). The largest absolute Gasteiger partial charge is 0.481 e. The van der Waals surface area contributed by atoms with Crippen LogP contribution in [0.2, 0.25) is 0 Å². The van der Waals surface area contributed by atoms with Crippen LogP contribution in [-0.2, 0) is 4.79 Å². The maximum atomic E-state index is 12.5. The summed E-state index contributed by atoms with van der Waals surface area (Å²) < 4.78 is 37.6. The maximum absolute atomic E-state index is 12.5. The molecular weight excluding hydrogens is 277 g/mol. The van der Waals surface area contributed by atoms with Crippen molar-refractivity contribution in [1.29, 1.82) is 0 Å². The number of carboxylic acids is 1. The average molecular weight is 294 g/mol. The van der Waals surface area contributed by atoms with Gasteiger partial charge in [0.2, 0.25) is 0 Å². The molecule has 2 amide bonds. The Morgan fingerprint density at radius 1 is 1.25 bits per heavy atom. The number of carbonyl (C=O) groups is 2. The summed E-state index contributed by atoms with van der Waals surface area (Å²) in [7, 11) is 0. The highest BCUT2D eigenvalue weighted by atomic mass is 19.4. The highest BCUT2D eigenvalue weighted by Crippen LogP contribution is 2.33. The average Bonchev–Trinajstić information content (AvgIpc) is 3.05. The van der Waals surface area contributed by atoms with E-state index in [1.807, 2.05) is 0 Å². The number of alkyl halides is 3. The van der Waals surface area contributed by atoms with Gasteiger partial charge in [0.1, 0.15) is 6.54 Å². The summed E-state index contributed by atoms with van der Waals surface area (Å²) in [6, 6.07) is -1.52. The second-order valence-electron chi connectivity index (χ2n) is 5.34. The van der Waals surface area contributed by atoms with E-state index in [0.717, 1.165) is 4.90 Å². The molecule has 0 spiro atoms. The summed E-state index contributed by atoms with van der Waals surface area (Å²) in [6.45, 7) is -0.926. The van der Waals surface area contributed by atoms with Gasteiger partial charge in [0.15, 0.2) is 0 Å². The molecule has 1 saturated carbocycles. The fraction of sp³-hybridized carbons (Fsp3) is 0.833. The third-order valence-electron chi connectivity index (χ3n) is 3.62. The number of nitrogens with zero attached hydrogens (tertiary/aromatic N) is 2. The first-order valence-corrected chi connectivity index (χ1v) is 6.63. The van der Waals surface area contributed by atoms with Crippen LogP contribution in [0.5, 0.6) is 0 Å². The third-order valence-corrected chi connectivity index (χ3v) is 3.62. The van der Waals surface area contributed by atoms with E-state index in [1.165, 1.54) is 4.90 Å². The van der Waals surface area contributed by atoms with Crippen LogP contribution in [0.25, 0.3) is 0 Å². The summed E-state index contributed by atoms with van der Waals surface area (Å²) in [4.78, 5) is 25.1. The highest BCUT2D eigenvalue weighted by Gasteiger charge is 2.44. The molecule has 2 rings (SSSR count). The van der Waals surface area contributed by atoms with Gasteiger partial charge in [0.25, 0.3) is 0 Å². The number of urea groups is 1. The van der Waals surface area contributed by atoms with Crippen molar-refractivity contribution >= 4 is 12.0 Å². The Morgan fingerprint density at radius 3 is 2.40 bits per heavy atom. The van der Waals surface area contributed by atoms with Crippen LogP contribution < -0.4 is 0 Å². The fourth-order valence-corrected chi connectivity index (χ4v) is 2.60. The molecule has 0 aromatic carbocycles. The molecule has 1 N–H and O–H groups in total. The van der Waals surface area contributed by atoms with E-state index >= 15 is 0 Å². The minimum Gasteiger partial charge on any atom is -0.481 e. The molecule has 0 aromatic heterocycles. The molecule has 20 heavy (non-hydrogen) atoms. The second kappa shape index (κ2) is 5.49. The smallest absolute Gasteiger partial charge is 0.406 e. The second-order valence-corrected chi connectivity index (χ2v) is 5.34. The first-order chi connectivity index (χ1) is 9.28. The third kappa shape index (κ3) is 3.77. The molecule has 0 radical (unpaired) electrons. The number of amides is 2. The van der Waals surface area contributed by atoms with Crippen molar-refractivity contribution in [3.05, 3.63) is 0 Å². The van der Waals surface area contributed by atoms with Crippen LogP contribution in [0.4, 0.5) is 18.0 Å². The van der Waals surface area contributed by atoms with Crippen LogP contribution in [0.15, 0.2) is 0 Å². The molecular formula is C12H17F3N2O3. The summed E-state index contributed by atoms with van der Waals surface area (Å²) >= 11 is 0. The Hall–Kier alpha value is -1.47. The molecule has 2 fully saturated rings. The number of carbonyl (C=O) groups excluding carboxylic acids is 1. The van der Waals surface area contributed by atoms with Gasteiger partial charge < -0.3 is 14.9 Å². The number of hydrogen-bond acceptors (Lipinski definition) is 2. The number of rotatable bonds is 4. The predicted molar refractivity (Wildman–Crippen MR) is 63.2 cm³/mol. The molecule has 8 heteroatoms. The summed E-state index contributed by atoms with van der Waals surface area (Å²) in [6.07, 6.45) is -2.31. The lowest BCUT2D eigenvalue weighted by atomic mass is 10.1. The maximum Gasteiger partial charge on any atom is 0.406 e. The van der Waals surface area contributed by atoms with E-state index in [-0.39, 0.29) is 12.5 Å². The monoisotopic (exact) mass is 294 g/mol. The Morgan fingerprint density at radius 2 is 1.90 bits per heavy atom. The van der Waals surface area contributed by atoms with E-state index in [1.54, 1.807) is 0 Å². The van der Waals surface area contributed by atoms with Crippen molar-refractivity contribution in [2.24, 2.45) is 0 Å². The van der Waals surface area contributed by atoms with Crippen LogP contribution in [0.3, 0.4) is 0 Å². The topological polar surface area (TPSA) is 60.9 Å². The quantitative estimate of drug-likeness (QED) is 0.863. The molecule has 1 unspecified atom stereocenters. The van der Waals surface area contributed by atoms with Gasteiger partial charge >= 0.3 is 18.2 Å². The van der Waals surface area contributed by atoms with Gasteiger partial charge in [-0.2, -0.15) is 13.2 Å². The molecule has 1 heterocycles. The number of likely N-dealkylation sites (tertiary alicyclic amines) is 1. The van der Waals surface area contributed by atoms with Crippen LogP contribution in [0.1, 0.15) is 32.1 Å². The van der Waals surface area contributed by atoms with E-state index in [4.69, 9.17) is 5.11 Å². The number of halogens is 3. The minimum atomic E-state index is -4.43. The number of carboxylic acid groups (broad SMARTS) is 1. The van der Waals surface area contributed by atoms with E-state index in [0.29, 0.717) is 32.2 Å². The molecule has 114 valence electrons. The number of aliphatic carboxylic acids is 1. The van der Waals surface area contributed by atoms with Crippen molar-refractivity contribution in [3.8, 4) is 0 Å². The zero-order valence-electron chi connectivity index (χ0n) is 10.9. The molecule has 1 saturated heterocycles. The van der Waals surface area contributed by atoms with Gasteiger partial charge in [-0.25, -0.2) is 4.79 Å². The van der Waals surface area contributed by atoms with E-state index in [2.05, 4.69) is 0 Å². The Balaban J connectivity index is 2.04. The zero-order valence-corrected chi connectivity index (χ0v) is 10.9. The molecule has 1 atom stereocenters. The van der Waals surface area contributed by atoms with Crippen molar-refractivity contribution in [2.45, 2.75) is 50.4 Å². The lowest BCUT2D eigenvalue weighted by Gasteiger charge is -2.32. The van der Waals surface area contributed by atoms with Gasteiger partial charge in [0, 0.05) is 18.6 Å². The summed E-state index contributed by atoms with van der Waals surface area (Å²) in [5, 5.41) is 8.79. The zero-order chi connectivity index (χ0) is 14.9. The van der Waals surface area contributed by atoms with E-state index < -0.39 is 30.8 Å². The van der Waals surface area contributed by atoms with Crippen LogP contribution >= 0.6 is 0 Å². The van der Waals surface area contributed by atoms with Gasteiger partial charge in [-0.15, -0.1) is 0 Å². The van der Waals surface area contributed by atoms with Gasteiger partial charge in [0.05, 0.1) is 6.42 Å². The Bertz CT molecular complexity index is 396. The predicted octanol–water partition coefficient (Wildman–Crippen LogP) is 2.07. The van der Waals surface area contributed by atoms with Crippen molar-refractivity contribution < 1.29 is 27.9 Å². The first kappa shape index (κ1) is 14.9. The van der Waals surface area contributed by atoms with Crippen molar-refractivity contribution in [2.75, 3.05) is 13.1 Å². The number of hydrogen-bond donors (Lipinski definition) is 1. The fourth-order valence-electron chi connectivity index (χ4n) is 2.60. The van der Waals surface area contributed by atoms with Crippen molar-refractivity contribution in [1.82, 2.24) is 9.80 Å². The van der Waals surface area contributed by atoms with Crippen molar-refractivity contribution in [3.63, 3.8) is 0 Å². The van der Waals surface area contributed by atoms with Gasteiger partial charge in [-0.05, 0) is 25.7 Å². The van der Waals surface area contributed by atoms with E-state index in [9.17, 15) is 22.8 Å².